The first kappa shape index (κ1) is 22.0. The lowest BCUT2D eigenvalue weighted by atomic mass is 10.0. The van der Waals surface area contributed by atoms with Crippen molar-refractivity contribution in [1.29, 1.82) is 0 Å². The average molecular weight is 404 g/mol. The molecule has 0 aliphatic rings. The van der Waals surface area contributed by atoms with Gasteiger partial charge < -0.3 is 14.3 Å². The van der Waals surface area contributed by atoms with Gasteiger partial charge in [-0.15, -0.1) is 0 Å². The largest absolute Gasteiger partial charge is 0.471 e. The van der Waals surface area contributed by atoms with Crippen LogP contribution in [0.1, 0.15) is 30.5 Å². The Morgan fingerprint density at radius 2 is 1.83 bits per heavy atom. The predicted octanol–water partition coefficient (Wildman–Crippen LogP) is 4.17. The number of carbonyl (C=O) groups excluding carboxylic acids is 1. The maximum atomic E-state index is 13.5. The van der Waals surface area contributed by atoms with Crippen LogP contribution >= 0.6 is 0 Å². The minimum atomic E-state index is -2.93. The van der Waals surface area contributed by atoms with Gasteiger partial charge in [-0.25, -0.2) is 13.6 Å². The molecule has 0 fully saturated rings. The van der Waals surface area contributed by atoms with Crippen molar-refractivity contribution in [3.8, 4) is 5.75 Å². The summed E-state index contributed by atoms with van der Waals surface area (Å²) in [6, 6.07) is 12.7. The van der Waals surface area contributed by atoms with Crippen molar-refractivity contribution in [3.63, 3.8) is 0 Å². The standard InChI is InChI=1S/C21H22F2N2O4/c1-14(15-8-7-9-16(12-15)21(2,22)23)24-13-29-18-11-6-5-10-17(18)19(25-28-4)20(26)27-3/h5-12H,13H2,1-4H3/b24-14+,25-19+. The third kappa shape index (κ3) is 5.84. The number of rotatable bonds is 8. The van der Waals surface area contributed by atoms with Crippen LogP contribution in [-0.4, -0.2) is 38.3 Å². The lowest BCUT2D eigenvalue weighted by Crippen LogP contribution is -2.18. The Balaban J connectivity index is 2.21. The van der Waals surface area contributed by atoms with Gasteiger partial charge in [0.15, 0.2) is 12.4 Å². The van der Waals surface area contributed by atoms with E-state index in [1.165, 1.54) is 26.4 Å². The van der Waals surface area contributed by atoms with Crippen molar-refractivity contribution < 1.29 is 27.9 Å². The van der Waals surface area contributed by atoms with Crippen molar-refractivity contribution in [3.05, 3.63) is 65.2 Å². The van der Waals surface area contributed by atoms with Crippen LogP contribution in [0.4, 0.5) is 8.78 Å². The molecule has 8 heteroatoms. The molecular weight excluding hydrogens is 382 g/mol. The Hall–Kier alpha value is -3.29. The SMILES string of the molecule is CO/N=C(/C(=O)OC)c1ccccc1OC/N=C(\C)c1cccc(C(C)(F)F)c1. The van der Waals surface area contributed by atoms with Gasteiger partial charge in [0.2, 0.25) is 0 Å². The number of oxime groups is 1. The van der Waals surface area contributed by atoms with Crippen LogP contribution < -0.4 is 4.74 Å². The lowest BCUT2D eigenvalue weighted by Gasteiger charge is -2.12. The van der Waals surface area contributed by atoms with Gasteiger partial charge in [-0.2, -0.15) is 0 Å². The fourth-order valence-electron chi connectivity index (χ4n) is 2.48. The quantitative estimate of drug-likeness (QED) is 0.376. The number of esters is 1. The number of hydrogen-bond donors (Lipinski definition) is 0. The maximum absolute atomic E-state index is 13.5. The van der Waals surface area contributed by atoms with Crippen molar-refractivity contribution in [2.24, 2.45) is 10.1 Å². The summed E-state index contributed by atoms with van der Waals surface area (Å²) in [7, 11) is 2.55. The molecular formula is C21H22F2N2O4. The third-order valence-electron chi connectivity index (χ3n) is 4.01. The zero-order valence-electron chi connectivity index (χ0n) is 16.6. The van der Waals surface area contributed by atoms with Crippen molar-refractivity contribution >= 4 is 17.4 Å². The maximum Gasteiger partial charge on any atom is 0.360 e. The van der Waals surface area contributed by atoms with Crippen LogP contribution in [0.15, 0.2) is 58.7 Å². The highest BCUT2D eigenvalue weighted by Gasteiger charge is 2.24. The van der Waals surface area contributed by atoms with Gasteiger partial charge >= 0.3 is 5.97 Å². The summed E-state index contributed by atoms with van der Waals surface area (Å²) in [5, 5.41) is 3.70. The second kappa shape index (κ2) is 9.77. The monoisotopic (exact) mass is 404 g/mol. The summed E-state index contributed by atoms with van der Waals surface area (Å²) in [6.07, 6.45) is 0. The topological polar surface area (TPSA) is 69.5 Å². The summed E-state index contributed by atoms with van der Waals surface area (Å²) in [5.41, 5.74) is 1.34. The molecule has 0 spiro atoms. The first-order valence-electron chi connectivity index (χ1n) is 8.69. The summed E-state index contributed by atoms with van der Waals surface area (Å²) in [5.74, 6) is -3.27. The van der Waals surface area contributed by atoms with E-state index >= 15 is 0 Å². The number of alkyl halides is 2. The number of nitrogens with zero attached hydrogens (tertiary/aromatic N) is 2. The van der Waals surface area contributed by atoms with E-state index < -0.39 is 11.9 Å². The van der Waals surface area contributed by atoms with E-state index in [1.807, 2.05) is 0 Å². The highest BCUT2D eigenvalue weighted by molar-refractivity contribution is 6.43. The van der Waals surface area contributed by atoms with E-state index in [4.69, 9.17) is 14.3 Å². The molecule has 0 amide bonds. The van der Waals surface area contributed by atoms with Gasteiger partial charge in [0.1, 0.15) is 12.9 Å². The van der Waals surface area contributed by atoms with Crippen molar-refractivity contribution in [2.75, 3.05) is 21.0 Å². The van der Waals surface area contributed by atoms with E-state index in [-0.39, 0.29) is 18.0 Å². The lowest BCUT2D eigenvalue weighted by molar-refractivity contribution is -0.132. The molecule has 0 radical (unpaired) electrons. The zero-order valence-corrected chi connectivity index (χ0v) is 16.6. The average Bonchev–Trinajstić information content (AvgIpc) is 2.71. The Bertz CT molecular complexity index is 921. The molecule has 6 nitrogen and oxygen atoms in total. The second-order valence-corrected chi connectivity index (χ2v) is 6.10. The van der Waals surface area contributed by atoms with E-state index in [0.717, 1.165) is 6.92 Å². The van der Waals surface area contributed by atoms with Crippen LogP contribution in [0.3, 0.4) is 0 Å². The molecule has 0 aliphatic heterocycles. The molecule has 0 saturated carbocycles. The number of hydrogen-bond acceptors (Lipinski definition) is 6. The molecule has 0 heterocycles. The number of halogens is 2. The van der Waals surface area contributed by atoms with Gasteiger partial charge in [0.25, 0.3) is 5.92 Å². The Morgan fingerprint density at radius 1 is 1.10 bits per heavy atom. The van der Waals surface area contributed by atoms with Crippen molar-refractivity contribution in [2.45, 2.75) is 19.8 Å². The van der Waals surface area contributed by atoms with E-state index in [1.54, 1.807) is 43.3 Å². The Kier molecular flexibility index (Phi) is 7.41. The number of aliphatic imine (C=N–C) groups is 1. The predicted molar refractivity (Wildman–Crippen MR) is 106 cm³/mol. The van der Waals surface area contributed by atoms with Gasteiger partial charge in [-0.05, 0) is 30.7 Å². The molecule has 2 aromatic carbocycles. The molecule has 0 aromatic heterocycles. The van der Waals surface area contributed by atoms with Crippen LogP contribution in [0.5, 0.6) is 5.75 Å². The highest BCUT2D eigenvalue weighted by atomic mass is 19.3. The highest BCUT2D eigenvalue weighted by Crippen LogP contribution is 2.27. The molecule has 29 heavy (non-hydrogen) atoms. The minimum absolute atomic E-state index is 0.0517. The van der Waals surface area contributed by atoms with Crippen LogP contribution in [0, 0.1) is 0 Å². The smallest absolute Gasteiger partial charge is 0.360 e. The summed E-state index contributed by atoms with van der Waals surface area (Å²) in [6.45, 7) is 2.46. The first-order chi connectivity index (χ1) is 13.8. The number of para-hydroxylation sites is 1. The molecule has 154 valence electrons. The summed E-state index contributed by atoms with van der Waals surface area (Å²) >= 11 is 0. The summed E-state index contributed by atoms with van der Waals surface area (Å²) < 4.78 is 37.4. The van der Waals surface area contributed by atoms with Crippen LogP contribution in [-0.2, 0) is 20.3 Å². The molecule has 0 unspecified atom stereocenters. The van der Waals surface area contributed by atoms with E-state index in [0.29, 0.717) is 22.6 Å². The molecule has 2 rings (SSSR count). The summed E-state index contributed by atoms with van der Waals surface area (Å²) in [4.78, 5) is 21.0. The third-order valence-corrected chi connectivity index (χ3v) is 4.01. The molecule has 0 N–H and O–H groups in total. The fraction of sp³-hybridized carbons (Fsp3) is 0.286. The van der Waals surface area contributed by atoms with Gasteiger partial charge in [0.05, 0.1) is 12.7 Å². The number of ether oxygens (including phenoxy) is 2. The normalized spacial score (nSPS) is 12.5. The molecule has 0 aliphatic carbocycles. The number of carbonyl (C=O) groups is 1. The van der Waals surface area contributed by atoms with E-state index in [2.05, 4.69) is 10.1 Å². The number of benzene rings is 2. The molecule has 2 aromatic rings. The number of methoxy groups -OCH3 is 1. The minimum Gasteiger partial charge on any atom is -0.471 e. The van der Waals surface area contributed by atoms with E-state index in [9.17, 15) is 13.6 Å². The van der Waals surface area contributed by atoms with Crippen molar-refractivity contribution in [1.82, 2.24) is 0 Å². The van der Waals surface area contributed by atoms with Crippen LogP contribution in [0.2, 0.25) is 0 Å². The molecule has 0 atom stereocenters. The molecule has 0 bridgehead atoms. The second-order valence-electron chi connectivity index (χ2n) is 6.10. The Morgan fingerprint density at radius 3 is 2.48 bits per heavy atom. The zero-order chi connectivity index (χ0) is 21.4. The fourth-order valence-corrected chi connectivity index (χ4v) is 2.48. The molecule has 0 saturated heterocycles. The first-order valence-corrected chi connectivity index (χ1v) is 8.69. The van der Waals surface area contributed by atoms with Gasteiger partial charge in [0, 0.05) is 18.2 Å². The van der Waals surface area contributed by atoms with Gasteiger partial charge in [-0.3, -0.25) is 4.99 Å². The van der Waals surface area contributed by atoms with Gasteiger partial charge in [-0.1, -0.05) is 35.5 Å². The Labute approximate surface area is 167 Å². The van der Waals surface area contributed by atoms with Crippen LogP contribution in [0.25, 0.3) is 0 Å².